The molecule has 0 bridgehead atoms. The maximum atomic E-state index is 13.0. The van der Waals surface area contributed by atoms with Crippen LogP contribution in [0.15, 0.2) is 24.3 Å². The summed E-state index contributed by atoms with van der Waals surface area (Å²) in [5, 5.41) is 0. The highest BCUT2D eigenvalue weighted by Gasteiger charge is 2.46. The maximum Gasteiger partial charge on any atom is 0.352 e. The highest BCUT2D eigenvalue weighted by atomic mass is 16.6. The molecule has 0 N–H and O–H groups in total. The van der Waals surface area contributed by atoms with Crippen molar-refractivity contribution in [1.82, 2.24) is 0 Å². The Kier molecular flexibility index (Phi) is 7.28. The fourth-order valence-electron chi connectivity index (χ4n) is 2.49. The largest absolute Gasteiger partial charge is 0.470 e. The topological polar surface area (TPSA) is 71.1 Å². The summed E-state index contributed by atoms with van der Waals surface area (Å²) in [6.07, 6.45) is -2.49. The van der Waals surface area contributed by atoms with Crippen LogP contribution in [0.2, 0.25) is 0 Å². The van der Waals surface area contributed by atoms with Crippen LogP contribution in [0.1, 0.15) is 69.2 Å². The van der Waals surface area contributed by atoms with Crippen molar-refractivity contribution < 1.29 is 28.5 Å². The predicted octanol–water partition coefficient (Wildman–Crippen LogP) is 5.43. The molecule has 0 amide bonds. The van der Waals surface area contributed by atoms with Gasteiger partial charge in [-0.2, -0.15) is 0 Å². The monoisotopic (exact) mass is 448 g/mol. The van der Waals surface area contributed by atoms with Gasteiger partial charge in [-0.3, -0.25) is 0 Å². The van der Waals surface area contributed by atoms with E-state index in [2.05, 4.69) is 41.5 Å². The number of hydrogen-bond donors (Lipinski definition) is 0. The summed E-state index contributed by atoms with van der Waals surface area (Å²) >= 11 is 0. The number of carbonyl (C=O) groups excluding carboxylic acids is 2. The SMILES string of the molecule is CC(C)(C)C(C)(C)COC(=O)C1Oc2ccccc2OC1C(=O)OCC(C)(C)C(C)(C)C. The molecule has 0 saturated carbocycles. The second-order valence-corrected chi connectivity index (χ2v) is 12.0. The third kappa shape index (κ3) is 5.76. The van der Waals surface area contributed by atoms with Crippen LogP contribution in [-0.2, 0) is 19.1 Å². The summed E-state index contributed by atoms with van der Waals surface area (Å²) in [7, 11) is 0. The number of fused-ring (bicyclic) bond motifs is 1. The Labute approximate surface area is 193 Å². The molecule has 1 aliphatic rings. The van der Waals surface area contributed by atoms with Gasteiger partial charge in [-0.25, -0.2) is 9.59 Å². The molecule has 32 heavy (non-hydrogen) atoms. The number of rotatable bonds is 6. The van der Waals surface area contributed by atoms with Crippen molar-refractivity contribution in [3.8, 4) is 11.5 Å². The van der Waals surface area contributed by atoms with Crippen molar-refractivity contribution in [2.75, 3.05) is 13.2 Å². The average Bonchev–Trinajstić information content (AvgIpc) is 2.67. The van der Waals surface area contributed by atoms with E-state index in [0.29, 0.717) is 11.5 Å². The van der Waals surface area contributed by atoms with Gasteiger partial charge in [0.05, 0.1) is 13.2 Å². The smallest absolute Gasteiger partial charge is 0.352 e. The van der Waals surface area contributed by atoms with E-state index in [1.165, 1.54) is 0 Å². The summed E-state index contributed by atoms with van der Waals surface area (Å²) in [6, 6.07) is 6.94. The zero-order valence-electron chi connectivity index (χ0n) is 21.3. The number of benzene rings is 1. The molecule has 2 rings (SSSR count). The van der Waals surface area contributed by atoms with Gasteiger partial charge in [0.25, 0.3) is 0 Å². The van der Waals surface area contributed by atoms with Gasteiger partial charge in [-0.1, -0.05) is 81.4 Å². The lowest BCUT2D eigenvalue weighted by molar-refractivity contribution is -0.176. The zero-order valence-corrected chi connectivity index (χ0v) is 21.3. The van der Waals surface area contributed by atoms with E-state index in [1.54, 1.807) is 24.3 Å². The summed E-state index contributed by atoms with van der Waals surface area (Å²) in [4.78, 5) is 26.0. The molecule has 180 valence electrons. The minimum absolute atomic E-state index is 0.0827. The molecule has 0 fully saturated rings. The minimum Gasteiger partial charge on any atom is -0.470 e. The number of para-hydroxylation sites is 2. The summed E-state index contributed by atoms with van der Waals surface area (Å²) in [6.45, 7) is 21.1. The molecule has 1 aliphatic heterocycles. The van der Waals surface area contributed by atoms with Gasteiger partial charge in [0.1, 0.15) is 0 Å². The van der Waals surface area contributed by atoms with Gasteiger partial charge in [0, 0.05) is 10.8 Å². The van der Waals surface area contributed by atoms with Crippen LogP contribution in [0.5, 0.6) is 11.5 Å². The third-order valence-electron chi connectivity index (χ3n) is 7.31. The lowest BCUT2D eigenvalue weighted by Gasteiger charge is -2.39. The molecule has 0 radical (unpaired) electrons. The Morgan fingerprint density at radius 3 is 1.28 bits per heavy atom. The molecule has 1 aromatic carbocycles. The van der Waals surface area contributed by atoms with E-state index in [9.17, 15) is 9.59 Å². The first-order chi connectivity index (χ1) is 14.5. The fraction of sp³-hybridized carbons (Fsp3) is 0.692. The average molecular weight is 449 g/mol. The molecule has 6 nitrogen and oxygen atoms in total. The molecule has 0 saturated heterocycles. The Morgan fingerprint density at radius 2 is 1.00 bits per heavy atom. The maximum absolute atomic E-state index is 13.0. The fourth-order valence-corrected chi connectivity index (χ4v) is 2.49. The van der Waals surface area contributed by atoms with Crippen LogP contribution in [0.25, 0.3) is 0 Å². The minimum atomic E-state index is -1.24. The van der Waals surface area contributed by atoms with Crippen molar-refractivity contribution in [1.29, 1.82) is 0 Å². The Hall–Kier alpha value is -2.24. The zero-order chi connectivity index (χ0) is 24.5. The van der Waals surface area contributed by atoms with Crippen LogP contribution in [0.4, 0.5) is 0 Å². The van der Waals surface area contributed by atoms with Gasteiger partial charge >= 0.3 is 11.9 Å². The van der Waals surface area contributed by atoms with Crippen molar-refractivity contribution >= 4 is 11.9 Å². The van der Waals surface area contributed by atoms with Crippen molar-refractivity contribution in [2.45, 2.75) is 81.4 Å². The molecule has 1 aromatic rings. The van der Waals surface area contributed by atoms with Gasteiger partial charge in [-0.05, 0) is 23.0 Å². The first kappa shape index (κ1) is 26.0. The van der Waals surface area contributed by atoms with Crippen LogP contribution in [0, 0.1) is 21.7 Å². The van der Waals surface area contributed by atoms with Crippen molar-refractivity contribution in [3.05, 3.63) is 24.3 Å². The Morgan fingerprint density at radius 1 is 0.688 bits per heavy atom. The molecule has 0 aromatic heterocycles. The van der Waals surface area contributed by atoms with Gasteiger partial charge in [0.2, 0.25) is 12.2 Å². The summed E-state index contributed by atoms with van der Waals surface area (Å²) in [5.74, 6) is -0.505. The van der Waals surface area contributed by atoms with E-state index >= 15 is 0 Å². The van der Waals surface area contributed by atoms with Crippen LogP contribution in [0.3, 0.4) is 0 Å². The molecule has 1 heterocycles. The van der Waals surface area contributed by atoms with Gasteiger partial charge < -0.3 is 18.9 Å². The van der Waals surface area contributed by atoms with E-state index < -0.39 is 24.1 Å². The Balaban J connectivity index is 2.20. The van der Waals surface area contributed by atoms with E-state index in [0.717, 1.165) is 0 Å². The second kappa shape index (κ2) is 8.95. The van der Waals surface area contributed by atoms with E-state index in [4.69, 9.17) is 18.9 Å². The third-order valence-corrected chi connectivity index (χ3v) is 7.31. The lowest BCUT2D eigenvalue weighted by atomic mass is 9.70. The standard InChI is InChI=1S/C26H40O6/c1-23(2,3)25(7,8)15-29-21(27)19-20(32-18-14-12-11-13-17(18)31-19)22(28)30-16-26(9,10)24(4,5)6/h11-14,19-20H,15-16H2,1-10H3. The molecule has 2 unspecified atom stereocenters. The van der Waals surface area contributed by atoms with Crippen molar-refractivity contribution in [3.63, 3.8) is 0 Å². The number of ether oxygens (including phenoxy) is 4. The highest BCUT2D eigenvalue weighted by molar-refractivity contribution is 5.87. The first-order valence-electron chi connectivity index (χ1n) is 11.2. The van der Waals surface area contributed by atoms with Crippen LogP contribution in [-0.4, -0.2) is 37.4 Å². The lowest BCUT2D eigenvalue weighted by Crippen LogP contribution is -2.52. The van der Waals surface area contributed by atoms with Gasteiger partial charge in [-0.15, -0.1) is 0 Å². The van der Waals surface area contributed by atoms with Gasteiger partial charge in [0.15, 0.2) is 11.5 Å². The molecule has 0 spiro atoms. The summed E-state index contributed by atoms with van der Waals surface area (Å²) < 4.78 is 23.0. The highest BCUT2D eigenvalue weighted by Crippen LogP contribution is 2.40. The quantitative estimate of drug-likeness (QED) is 0.541. The molecular formula is C26H40O6. The molecular weight excluding hydrogens is 408 g/mol. The predicted molar refractivity (Wildman–Crippen MR) is 124 cm³/mol. The van der Waals surface area contributed by atoms with E-state index in [-0.39, 0.29) is 34.9 Å². The normalized spacial score (nSPS) is 19.3. The molecule has 0 aliphatic carbocycles. The van der Waals surface area contributed by atoms with Crippen LogP contribution >= 0.6 is 0 Å². The first-order valence-corrected chi connectivity index (χ1v) is 11.2. The van der Waals surface area contributed by atoms with E-state index in [1.807, 2.05) is 27.7 Å². The Bertz CT molecular complexity index is 756. The summed E-state index contributed by atoms with van der Waals surface area (Å²) in [5.41, 5.74) is -0.715. The van der Waals surface area contributed by atoms with Crippen molar-refractivity contribution in [2.24, 2.45) is 21.7 Å². The number of carbonyl (C=O) groups is 2. The number of esters is 2. The molecule has 2 atom stereocenters. The van der Waals surface area contributed by atoms with Crippen LogP contribution < -0.4 is 9.47 Å². The second-order valence-electron chi connectivity index (χ2n) is 12.0. The molecule has 6 heteroatoms. The number of hydrogen-bond acceptors (Lipinski definition) is 6.